The first-order valence-corrected chi connectivity index (χ1v) is 7.11. The van der Waals surface area contributed by atoms with Crippen molar-refractivity contribution in [2.45, 2.75) is 51.5 Å². The molecule has 1 atom stereocenters. The fraction of sp³-hybridized carbons (Fsp3) is 0.500. The molecule has 0 radical (unpaired) electrons. The third-order valence-corrected chi connectivity index (χ3v) is 3.84. The molecule has 0 aliphatic heterocycles. The molecule has 3 nitrogen and oxygen atoms in total. The molecule has 1 aliphatic carbocycles. The van der Waals surface area contributed by atoms with Crippen molar-refractivity contribution in [3.05, 3.63) is 35.9 Å². The van der Waals surface area contributed by atoms with Crippen LogP contribution in [0.3, 0.4) is 0 Å². The third kappa shape index (κ3) is 2.55. The summed E-state index contributed by atoms with van der Waals surface area (Å²) in [6.45, 7) is 6.29. The monoisotopic (exact) mass is 261 g/mol. The molecule has 1 aromatic heterocycles. The second-order valence-electron chi connectivity index (χ2n) is 5.17. The van der Waals surface area contributed by atoms with E-state index in [4.69, 9.17) is 0 Å². The average Bonchev–Trinajstić information content (AvgIpc) is 2.66. The lowest BCUT2D eigenvalue weighted by molar-refractivity contribution is 0.375. The van der Waals surface area contributed by atoms with Crippen LogP contribution in [0.25, 0.3) is 0 Å². The van der Waals surface area contributed by atoms with Crippen LogP contribution >= 0.6 is 0 Å². The third-order valence-electron chi connectivity index (χ3n) is 3.84. The van der Waals surface area contributed by atoms with E-state index in [0.717, 1.165) is 24.0 Å². The number of aromatic hydroxyl groups is 2. The molecule has 3 heteroatoms. The number of allylic oxidation sites excluding steroid dienone is 3. The van der Waals surface area contributed by atoms with E-state index >= 15 is 0 Å². The van der Waals surface area contributed by atoms with Crippen LogP contribution in [-0.2, 0) is 13.0 Å². The highest BCUT2D eigenvalue weighted by Gasteiger charge is 2.27. The molecule has 2 N–H and O–H groups in total. The quantitative estimate of drug-likeness (QED) is 0.603. The topological polar surface area (TPSA) is 45.4 Å². The lowest BCUT2D eigenvalue weighted by Crippen LogP contribution is -2.03. The SMILES string of the molecule is C=CCn1c(O)c2c(c1O)C(CCCCC)C=CC2. The summed E-state index contributed by atoms with van der Waals surface area (Å²) >= 11 is 0. The lowest BCUT2D eigenvalue weighted by atomic mass is 9.87. The standard InChI is InChI=1S/C16H23NO2/c1-3-5-6-8-12-9-7-10-13-14(12)16(19)17(11-4-2)15(13)18/h4,7,9,12,18-19H,2-3,5-6,8,10-11H2,1H3. The highest BCUT2D eigenvalue weighted by molar-refractivity contribution is 5.52. The summed E-state index contributed by atoms with van der Waals surface area (Å²) in [5, 5.41) is 20.5. The highest BCUT2D eigenvalue weighted by atomic mass is 16.3. The van der Waals surface area contributed by atoms with Crippen LogP contribution in [0.15, 0.2) is 24.8 Å². The van der Waals surface area contributed by atoms with Gasteiger partial charge in [0.1, 0.15) is 0 Å². The van der Waals surface area contributed by atoms with Crippen molar-refractivity contribution >= 4 is 0 Å². The molecule has 1 heterocycles. The van der Waals surface area contributed by atoms with Crippen LogP contribution in [-0.4, -0.2) is 14.8 Å². The van der Waals surface area contributed by atoms with Gasteiger partial charge >= 0.3 is 0 Å². The van der Waals surface area contributed by atoms with Gasteiger partial charge in [-0.25, -0.2) is 0 Å². The summed E-state index contributed by atoms with van der Waals surface area (Å²) in [4.78, 5) is 0. The molecule has 1 aliphatic rings. The number of hydrogen-bond donors (Lipinski definition) is 2. The molecule has 0 saturated heterocycles. The molecule has 0 amide bonds. The summed E-state index contributed by atoms with van der Waals surface area (Å²) in [6, 6.07) is 0. The predicted octanol–water partition coefficient (Wildman–Crippen LogP) is 3.86. The van der Waals surface area contributed by atoms with E-state index in [-0.39, 0.29) is 17.7 Å². The zero-order chi connectivity index (χ0) is 13.8. The summed E-state index contributed by atoms with van der Waals surface area (Å²) < 4.78 is 1.54. The van der Waals surface area contributed by atoms with E-state index in [0.29, 0.717) is 13.0 Å². The molecule has 0 bridgehead atoms. The van der Waals surface area contributed by atoms with Gasteiger partial charge < -0.3 is 10.2 Å². The fourth-order valence-corrected chi connectivity index (χ4v) is 2.86. The molecule has 104 valence electrons. The first-order chi connectivity index (χ1) is 9.20. The largest absolute Gasteiger partial charge is 0.494 e. The second-order valence-corrected chi connectivity index (χ2v) is 5.17. The molecule has 19 heavy (non-hydrogen) atoms. The first-order valence-electron chi connectivity index (χ1n) is 7.11. The Labute approximate surface area is 114 Å². The Morgan fingerprint density at radius 1 is 1.37 bits per heavy atom. The highest BCUT2D eigenvalue weighted by Crippen LogP contribution is 2.43. The Hall–Kier alpha value is -1.64. The maximum absolute atomic E-state index is 10.3. The summed E-state index contributed by atoms with van der Waals surface area (Å²) in [7, 11) is 0. The summed E-state index contributed by atoms with van der Waals surface area (Å²) in [5.41, 5.74) is 1.79. The van der Waals surface area contributed by atoms with Crippen LogP contribution in [0.4, 0.5) is 0 Å². The van der Waals surface area contributed by atoms with Gasteiger partial charge in [-0.3, -0.25) is 4.57 Å². The average molecular weight is 261 g/mol. The van der Waals surface area contributed by atoms with Gasteiger partial charge in [0.05, 0.1) is 0 Å². The first kappa shape index (κ1) is 13.8. The van der Waals surface area contributed by atoms with Gasteiger partial charge in [0.2, 0.25) is 0 Å². The van der Waals surface area contributed by atoms with E-state index in [1.54, 1.807) is 6.08 Å². The molecule has 0 aromatic carbocycles. The molecule has 1 aromatic rings. The molecular weight excluding hydrogens is 238 g/mol. The molecule has 1 unspecified atom stereocenters. The van der Waals surface area contributed by atoms with Crippen molar-refractivity contribution in [1.82, 2.24) is 4.57 Å². The van der Waals surface area contributed by atoms with Crippen molar-refractivity contribution in [2.75, 3.05) is 0 Å². The number of aromatic nitrogens is 1. The lowest BCUT2D eigenvalue weighted by Gasteiger charge is -2.17. The molecule has 0 saturated carbocycles. The van der Waals surface area contributed by atoms with Crippen molar-refractivity contribution in [3.63, 3.8) is 0 Å². The van der Waals surface area contributed by atoms with Gasteiger partial charge in [0, 0.05) is 23.6 Å². The summed E-state index contributed by atoms with van der Waals surface area (Å²) in [5.74, 6) is 0.628. The minimum Gasteiger partial charge on any atom is -0.494 e. The molecule has 2 rings (SSSR count). The van der Waals surface area contributed by atoms with E-state index in [1.165, 1.54) is 17.4 Å². The van der Waals surface area contributed by atoms with Gasteiger partial charge in [0.15, 0.2) is 11.8 Å². The van der Waals surface area contributed by atoms with Gasteiger partial charge in [-0.15, -0.1) is 6.58 Å². The predicted molar refractivity (Wildman–Crippen MR) is 77.7 cm³/mol. The van der Waals surface area contributed by atoms with Gasteiger partial charge in [-0.1, -0.05) is 44.4 Å². The number of hydrogen-bond acceptors (Lipinski definition) is 2. The van der Waals surface area contributed by atoms with E-state index in [1.807, 2.05) is 0 Å². The molecular formula is C16H23NO2. The minimum absolute atomic E-state index is 0.192. The van der Waals surface area contributed by atoms with Crippen molar-refractivity contribution < 1.29 is 10.2 Å². The number of fused-ring (bicyclic) bond motifs is 1. The Balaban J connectivity index is 2.29. The van der Waals surface area contributed by atoms with E-state index in [9.17, 15) is 10.2 Å². The fourth-order valence-electron chi connectivity index (χ4n) is 2.86. The number of nitrogens with zero attached hydrogens (tertiary/aromatic N) is 1. The van der Waals surface area contributed by atoms with Gasteiger partial charge in [-0.05, 0) is 12.8 Å². The van der Waals surface area contributed by atoms with Crippen molar-refractivity contribution in [1.29, 1.82) is 0 Å². The zero-order valence-corrected chi connectivity index (χ0v) is 11.6. The summed E-state index contributed by atoms with van der Waals surface area (Å²) in [6.07, 6.45) is 11.2. The second kappa shape index (κ2) is 6.00. The molecule has 0 spiro atoms. The maximum atomic E-state index is 10.3. The van der Waals surface area contributed by atoms with Gasteiger partial charge in [-0.2, -0.15) is 0 Å². The van der Waals surface area contributed by atoms with Crippen LogP contribution in [0, 0.1) is 0 Å². The normalized spacial score (nSPS) is 17.4. The Morgan fingerprint density at radius 2 is 2.16 bits per heavy atom. The van der Waals surface area contributed by atoms with Crippen LogP contribution < -0.4 is 0 Å². The van der Waals surface area contributed by atoms with Crippen LogP contribution in [0.5, 0.6) is 11.8 Å². The van der Waals surface area contributed by atoms with Crippen LogP contribution in [0.1, 0.15) is 49.7 Å². The molecule has 0 fully saturated rings. The maximum Gasteiger partial charge on any atom is 0.198 e. The Kier molecular flexibility index (Phi) is 4.35. The van der Waals surface area contributed by atoms with E-state index < -0.39 is 0 Å². The van der Waals surface area contributed by atoms with Crippen molar-refractivity contribution in [2.24, 2.45) is 0 Å². The minimum atomic E-state index is 0.192. The number of rotatable bonds is 6. The van der Waals surface area contributed by atoms with E-state index in [2.05, 4.69) is 25.7 Å². The zero-order valence-electron chi connectivity index (χ0n) is 11.6. The number of unbranched alkanes of at least 4 members (excludes halogenated alkanes) is 2. The van der Waals surface area contributed by atoms with Crippen LogP contribution in [0.2, 0.25) is 0 Å². The Bertz CT molecular complexity index is 485. The van der Waals surface area contributed by atoms with Gasteiger partial charge in [0.25, 0.3) is 0 Å². The Morgan fingerprint density at radius 3 is 2.84 bits per heavy atom. The smallest absolute Gasteiger partial charge is 0.198 e. The van der Waals surface area contributed by atoms with Crippen molar-refractivity contribution in [3.8, 4) is 11.8 Å².